The topological polar surface area (TPSA) is 23.5 Å². The molecule has 0 aliphatic carbocycles. The Morgan fingerprint density at radius 2 is 2.19 bits per heavy atom. The van der Waals surface area contributed by atoms with Gasteiger partial charge in [0, 0.05) is 28.4 Å². The molecule has 0 saturated carbocycles. The van der Waals surface area contributed by atoms with Crippen molar-refractivity contribution in [3.05, 3.63) is 28.8 Å². The van der Waals surface area contributed by atoms with E-state index in [0.29, 0.717) is 0 Å². The van der Waals surface area contributed by atoms with Crippen molar-refractivity contribution >= 4 is 17.3 Å². The Hall–Kier alpha value is -0.730. The summed E-state index contributed by atoms with van der Waals surface area (Å²) < 4.78 is 0. The van der Waals surface area contributed by atoms with Crippen molar-refractivity contribution in [1.29, 1.82) is 0 Å². The second-order valence-electron chi connectivity index (χ2n) is 5.00. The monoisotopic (exact) mass is 239 g/mol. The van der Waals surface area contributed by atoms with Crippen molar-refractivity contribution in [3.8, 4) is 0 Å². The molecule has 3 heteroatoms. The smallest absolute Gasteiger partial charge is 0.0702 e. The van der Waals surface area contributed by atoms with Crippen LogP contribution in [0.15, 0.2) is 18.2 Å². The molecule has 0 atom stereocenters. The van der Waals surface area contributed by atoms with Crippen molar-refractivity contribution < 1.29 is 5.11 Å². The third kappa shape index (κ3) is 2.04. The molecule has 16 heavy (non-hydrogen) atoms. The van der Waals surface area contributed by atoms with E-state index in [1.165, 1.54) is 12.8 Å². The first-order chi connectivity index (χ1) is 7.54. The van der Waals surface area contributed by atoms with Gasteiger partial charge in [-0.15, -0.1) is 0 Å². The van der Waals surface area contributed by atoms with Crippen molar-refractivity contribution in [2.24, 2.45) is 0 Å². The number of hydrogen-bond donors (Lipinski definition) is 1. The summed E-state index contributed by atoms with van der Waals surface area (Å²) in [6.07, 6.45) is 2.38. The predicted molar refractivity (Wildman–Crippen MR) is 68.0 cm³/mol. The molecule has 1 saturated heterocycles. The maximum absolute atomic E-state index is 9.37. The standard InChI is InChI=1S/C13H18ClNO/c1-13(2)6-3-7-15(13)12-8-11(14)5-4-10(12)9-16/h4-5,8,16H,3,6-7,9H2,1-2H3. The van der Waals surface area contributed by atoms with Gasteiger partial charge in [-0.05, 0) is 38.8 Å². The maximum Gasteiger partial charge on any atom is 0.0702 e. The molecular weight excluding hydrogens is 222 g/mol. The van der Waals surface area contributed by atoms with Crippen molar-refractivity contribution in [1.82, 2.24) is 0 Å². The molecule has 1 heterocycles. The SMILES string of the molecule is CC1(C)CCCN1c1cc(Cl)ccc1CO. The number of anilines is 1. The molecule has 0 bridgehead atoms. The van der Waals surface area contributed by atoms with E-state index in [0.717, 1.165) is 22.8 Å². The molecule has 1 fully saturated rings. The molecule has 0 aromatic heterocycles. The number of rotatable bonds is 2. The number of halogens is 1. The van der Waals surface area contributed by atoms with Crippen LogP contribution in [0.3, 0.4) is 0 Å². The lowest BCUT2D eigenvalue weighted by Crippen LogP contribution is -2.38. The minimum absolute atomic E-state index is 0.0685. The Balaban J connectivity index is 2.42. The molecule has 1 N–H and O–H groups in total. The summed E-state index contributed by atoms with van der Waals surface area (Å²) in [5.41, 5.74) is 2.20. The van der Waals surface area contributed by atoms with Crippen LogP contribution in [0.25, 0.3) is 0 Å². The number of aliphatic hydroxyl groups excluding tert-OH is 1. The van der Waals surface area contributed by atoms with E-state index in [1.807, 2.05) is 18.2 Å². The highest BCUT2D eigenvalue weighted by Crippen LogP contribution is 2.36. The summed E-state index contributed by atoms with van der Waals surface area (Å²) in [5.74, 6) is 0. The third-order valence-electron chi connectivity index (χ3n) is 3.41. The van der Waals surface area contributed by atoms with Crippen molar-refractivity contribution in [2.75, 3.05) is 11.4 Å². The van der Waals surface area contributed by atoms with Crippen LogP contribution in [0.1, 0.15) is 32.3 Å². The van der Waals surface area contributed by atoms with Crippen LogP contribution < -0.4 is 4.90 Å². The van der Waals surface area contributed by atoms with Gasteiger partial charge in [-0.25, -0.2) is 0 Å². The lowest BCUT2D eigenvalue weighted by Gasteiger charge is -2.35. The van der Waals surface area contributed by atoms with E-state index in [1.54, 1.807) is 0 Å². The van der Waals surface area contributed by atoms with Crippen LogP contribution in [0, 0.1) is 0 Å². The molecule has 0 amide bonds. The fourth-order valence-electron chi connectivity index (χ4n) is 2.48. The molecule has 88 valence electrons. The first-order valence-corrected chi connectivity index (χ1v) is 6.09. The number of hydrogen-bond acceptors (Lipinski definition) is 2. The van der Waals surface area contributed by atoms with Gasteiger partial charge in [0.15, 0.2) is 0 Å². The summed E-state index contributed by atoms with van der Waals surface area (Å²) >= 11 is 6.04. The first kappa shape index (κ1) is 11.7. The molecule has 0 radical (unpaired) electrons. The van der Waals surface area contributed by atoms with Gasteiger partial charge in [0.05, 0.1) is 6.61 Å². The van der Waals surface area contributed by atoms with Gasteiger partial charge < -0.3 is 10.0 Å². The minimum Gasteiger partial charge on any atom is -0.392 e. The number of aliphatic hydroxyl groups is 1. The second kappa shape index (κ2) is 4.27. The van der Waals surface area contributed by atoms with Gasteiger partial charge in [0.25, 0.3) is 0 Å². The molecule has 2 nitrogen and oxygen atoms in total. The van der Waals surface area contributed by atoms with Gasteiger partial charge in [-0.2, -0.15) is 0 Å². The fourth-order valence-corrected chi connectivity index (χ4v) is 2.64. The predicted octanol–water partition coefficient (Wildman–Crippen LogP) is 3.21. The molecule has 1 aliphatic rings. The zero-order valence-electron chi connectivity index (χ0n) is 9.83. The molecule has 1 aliphatic heterocycles. The van der Waals surface area contributed by atoms with Gasteiger partial charge in [0.2, 0.25) is 0 Å². The Morgan fingerprint density at radius 3 is 2.75 bits per heavy atom. The lowest BCUT2D eigenvalue weighted by molar-refractivity contribution is 0.281. The zero-order chi connectivity index (χ0) is 11.8. The summed E-state index contributed by atoms with van der Waals surface area (Å²) in [4.78, 5) is 2.35. The van der Waals surface area contributed by atoms with Crippen LogP contribution in [0.5, 0.6) is 0 Å². The third-order valence-corrected chi connectivity index (χ3v) is 3.64. The van der Waals surface area contributed by atoms with Crippen LogP contribution in [0.2, 0.25) is 5.02 Å². The highest BCUT2D eigenvalue weighted by Gasteiger charge is 2.32. The van der Waals surface area contributed by atoms with E-state index in [-0.39, 0.29) is 12.1 Å². The largest absolute Gasteiger partial charge is 0.392 e. The minimum atomic E-state index is 0.0685. The summed E-state index contributed by atoms with van der Waals surface area (Å²) in [7, 11) is 0. The van der Waals surface area contributed by atoms with E-state index in [4.69, 9.17) is 11.6 Å². The first-order valence-electron chi connectivity index (χ1n) is 5.71. The highest BCUT2D eigenvalue weighted by atomic mass is 35.5. The molecule has 2 rings (SSSR count). The fraction of sp³-hybridized carbons (Fsp3) is 0.538. The van der Waals surface area contributed by atoms with E-state index >= 15 is 0 Å². The Labute approximate surface area is 102 Å². The average Bonchev–Trinajstić information content (AvgIpc) is 2.58. The molecule has 0 unspecified atom stereocenters. The quantitative estimate of drug-likeness (QED) is 0.857. The Morgan fingerprint density at radius 1 is 1.44 bits per heavy atom. The van der Waals surface area contributed by atoms with Gasteiger partial charge in [0.1, 0.15) is 0 Å². The van der Waals surface area contributed by atoms with Gasteiger partial charge in [-0.3, -0.25) is 0 Å². The van der Waals surface area contributed by atoms with E-state index in [2.05, 4.69) is 18.7 Å². The molecular formula is C13H18ClNO. The van der Waals surface area contributed by atoms with Crippen LogP contribution in [-0.4, -0.2) is 17.2 Å². The lowest BCUT2D eigenvalue weighted by atomic mass is 10.0. The van der Waals surface area contributed by atoms with Crippen LogP contribution >= 0.6 is 11.6 Å². The van der Waals surface area contributed by atoms with Gasteiger partial charge in [-0.1, -0.05) is 17.7 Å². The number of nitrogens with zero attached hydrogens (tertiary/aromatic N) is 1. The van der Waals surface area contributed by atoms with Crippen LogP contribution in [-0.2, 0) is 6.61 Å². The van der Waals surface area contributed by atoms with Crippen molar-refractivity contribution in [2.45, 2.75) is 38.8 Å². The summed E-state index contributed by atoms with van der Waals surface area (Å²) in [6.45, 7) is 5.59. The second-order valence-corrected chi connectivity index (χ2v) is 5.44. The maximum atomic E-state index is 9.37. The highest BCUT2D eigenvalue weighted by molar-refractivity contribution is 6.30. The summed E-state index contributed by atoms with van der Waals surface area (Å²) in [6, 6.07) is 5.70. The molecule has 1 aromatic carbocycles. The molecule has 0 spiro atoms. The zero-order valence-corrected chi connectivity index (χ0v) is 10.6. The van der Waals surface area contributed by atoms with Crippen LogP contribution in [0.4, 0.5) is 5.69 Å². The Kier molecular flexibility index (Phi) is 3.13. The summed E-state index contributed by atoms with van der Waals surface area (Å²) in [5, 5.41) is 10.1. The van der Waals surface area contributed by atoms with Crippen molar-refractivity contribution in [3.63, 3.8) is 0 Å². The molecule has 1 aromatic rings. The normalized spacial score (nSPS) is 19.1. The van der Waals surface area contributed by atoms with E-state index < -0.39 is 0 Å². The van der Waals surface area contributed by atoms with Gasteiger partial charge >= 0.3 is 0 Å². The Bertz CT molecular complexity index is 390. The van der Waals surface area contributed by atoms with E-state index in [9.17, 15) is 5.11 Å². The average molecular weight is 240 g/mol. The number of benzene rings is 1.